The number of β-amino-alcohol motifs (C(OH)–C–C–N with tert-alkyl or cyclic N) is 1. The number of aliphatic hydroxyl groups is 1. The highest BCUT2D eigenvalue weighted by molar-refractivity contribution is 5.67. The number of carbonyl (C=O) groups is 1. The smallest absolute Gasteiger partial charge is 0.407 e. The maximum atomic E-state index is 13.0. The molecular weight excluding hydrogens is 325 g/mol. The van der Waals surface area contributed by atoms with Gasteiger partial charge < -0.3 is 25.8 Å². The zero-order valence-electron chi connectivity index (χ0n) is 14.2. The number of ether oxygens (including phenoxy) is 1. The molecule has 0 spiro atoms. The third-order valence-corrected chi connectivity index (χ3v) is 4.90. The number of rotatable bonds is 6. The van der Waals surface area contributed by atoms with Crippen molar-refractivity contribution in [2.24, 2.45) is 0 Å². The van der Waals surface area contributed by atoms with Crippen molar-refractivity contribution in [3.05, 3.63) is 35.6 Å². The predicted molar refractivity (Wildman–Crippen MR) is 91.8 cm³/mol. The fourth-order valence-electron chi connectivity index (χ4n) is 3.51. The molecule has 25 heavy (non-hydrogen) atoms. The van der Waals surface area contributed by atoms with Crippen molar-refractivity contribution >= 4 is 6.09 Å². The van der Waals surface area contributed by atoms with Crippen LogP contribution in [0.5, 0.6) is 0 Å². The van der Waals surface area contributed by atoms with Crippen molar-refractivity contribution in [1.82, 2.24) is 16.0 Å². The molecule has 4 atom stereocenters. The highest BCUT2D eigenvalue weighted by Crippen LogP contribution is 2.17. The second-order valence-corrected chi connectivity index (χ2v) is 6.79. The van der Waals surface area contributed by atoms with E-state index in [0.29, 0.717) is 25.6 Å². The molecule has 2 saturated heterocycles. The SMILES string of the molecule is O=C(NCC[C@@H]1CCCN1)O[C@@H]1[C@@H](O)CN[C@@H]1Cc1ccc(F)cc1. The van der Waals surface area contributed by atoms with Crippen molar-refractivity contribution in [1.29, 1.82) is 0 Å². The molecule has 0 unspecified atom stereocenters. The number of nitrogens with one attached hydrogen (secondary N) is 3. The van der Waals surface area contributed by atoms with E-state index in [1.54, 1.807) is 12.1 Å². The van der Waals surface area contributed by atoms with E-state index in [1.807, 2.05) is 0 Å². The van der Waals surface area contributed by atoms with Crippen LogP contribution in [0.2, 0.25) is 0 Å². The minimum Gasteiger partial charge on any atom is -0.442 e. The summed E-state index contributed by atoms with van der Waals surface area (Å²) < 4.78 is 18.4. The van der Waals surface area contributed by atoms with E-state index >= 15 is 0 Å². The first-order valence-electron chi connectivity index (χ1n) is 8.95. The summed E-state index contributed by atoms with van der Waals surface area (Å²) in [5.41, 5.74) is 0.925. The van der Waals surface area contributed by atoms with Gasteiger partial charge in [0.1, 0.15) is 18.0 Å². The van der Waals surface area contributed by atoms with E-state index in [4.69, 9.17) is 4.74 Å². The van der Waals surface area contributed by atoms with Crippen LogP contribution in [0, 0.1) is 5.82 Å². The van der Waals surface area contributed by atoms with E-state index < -0.39 is 18.3 Å². The van der Waals surface area contributed by atoms with Gasteiger partial charge in [0.05, 0.1) is 6.04 Å². The van der Waals surface area contributed by atoms with Crippen molar-refractivity contribution in [2.45, 2.75) is 50.0 Å². The Morgan fingerprint density at radius 2 is 2.12 bits per heavy atom. The Bertz CT molecular complexity index is 563. The van der Waals surface area contributed by atoms with Crippen LogP contribution in [0.1, 0.15) is 24.8 Å². The van der Waals surface area contributed by atoms with Crippen LogP contribution in [-0.2, 0) is 11.2 Å². The maximum absolute atomic E-state index is 13.0. The first-order chi connectivity index (χ1) is 12.1. The van der Waals surface area contributed by atoms with Gasteiger partial charge in [0, 0.05) is 19.1 Å². The summed E-state index contributed by atoms with van der Waals surface area (Å²) in [6, 6.07) is 6.48. The molecule has 2 aliphatic rings. The summed E-state index contributed by atoms with van der Waals surface area (Å²) in [5, 5.41) is 19.4. The average Bonchev–Trinajstić information content (AvgIpc) is 3.22. The molecule has 0 saturated carbocycles. The minimum absolute atomic E-state index is 0.192. The molecule has 0 aliphatic carbocycles. The molecule has 1 amide bonds. The summed E-state index contributed by atoms with van der Waals surface area (Å²) >= 11 is 0. The topological polar surface area (TPSA) is 82.6 Å². The monoisotopic (exact) mass is 351 g/mol. The fraction of sp³-hybridized carbons (Fsp3) is 0.611. The van der Waals surface area contributed by atoms with Crippen LogP contribution in [-0.4, -0.2) is 55.1 Å². The van der Waals surface area contributed by atoms with Crippen LogP contribution in [0.4, 0.5) is 9.18 Å². The molecule has 3 rings (SSSR count). The molecule has 7 heteroatoms. The van der Waals surface area contributed by atoms with Gasteiger partial charge in [0.2, 0.25) is 0 Å². The Balaban J connectivity index is 1.46. The molecule has 1 aromatic rings. The van der Waals surface area contributed by atoms with Gasteiger partial charge in [-0.1, -0.05) is 12.1 Å². The Kier molecular flexibility index (Phi) is 6.23. The molecule has 2 fully saturated rings. The molecule has 0 bridgehead atoms. The molecule has 4 N–H and O–H groups in total. The van der Waals surface area contributed by atoms with Gasteiger partial charge in [-0.15, -0.1) is 0 Å². The lowest BCUT2D eigenvalue weighted by atomic mass is 10.0. The number of hydrogen-bond acceptors (Lipinski definition) is 5. The van der Waals surface area contributed by atoms with Gasteiger partial charge in [-0.05, 0) is 49.9 Å². The first kappa shape index (κ1) is 18.1. The van der Waals surface area contributed by atoms with Crippen LogP contribution in [0.25, 0.3) is 0 Å². The molecular formula is C18H26FN3O3. The minimum atomic E-state index is -0.743. The highest BCUT2D eigenvalue weighted by Gasteiger charge is 2.37. The molecule has 6 nitrogen and oxygen atoms in total. The van der Waals surface area contributed by atoms with Gasteiger partial charge in [-0.2, -0.15) is 0 Å². The lowest BCUT2D eigenvalue weighted by Crippen LogP contribution is -2.42. The van der Waals surface area contributed by atoms with Crippen LogP contribution in [0.15, 0.2) is 24.3 Å². The maximum Gasteiger partial charge on any atom is 0.407 e. The molecule has 1 aromatic carbocycles. The summed E-state index contributed by atoms with van der Waals surface area (Å²) in [6.45, 7) is 1.96. The van der Waals surface area contributed by atoms with E-state index in [0.717, 1.165) is 24.9 Å². The number of halogens is 1. The Morgan fingerprint density at radius 1 is 1.32 bits per heavy atom. The van der Waals surface area contributed by atoms with Gasteiger partial charge >= 0.3 is 6.09 Å². The first-order valence-corrected chi connectivity index (χ1v) is 8.95. The Hall–Kier alpha value is -1.70. The zero-order valence-corrected chi connectivity index (χ0v) is 14.2. The third-order valence-electron chi connectivity index (χ3n) is 4.90. The molecule has 2 heterocycles. The second kappa shape index (κ2) is 8.60. The van der Waals surface area contributed by atoms with Gasteiger partial charge in [-0.25, -0.2) is 9.18 Å². The Morgan fingerprint density at radius 3 is 2.84 bits per heavy atom. The molecule has 138 valence electrons. The number of aliphatic hydroxyl groups excluding tert-OH is 1. The van der Waals surface area contributed by atoms with E-state index in [2.05, 4.69) is 16.0 Å². The summed E-state index contributed by atoms with van der Waals surface area (Å²) in [4.78, 5) is 12.0. The lowest BCUT2D eigenvalue weighted by molar-refractivity contribution is 0.0189. The van der Waals surface area contributed by atoms with Crippen molar-refractivity contribution < 1.29 is 19.0 Å². The lowest BCUT2D eigenvalue weighted by Gasteiger charge is -2.22. The number of alkyl carbamates (subject to hydrolysis) is 1. The van der Waals surface area contributed by atoms with Crippen molar-refractivity contribution in [3.63, 3.8) is 0 Å². The van der Waals surface area contributed by atoms with Crippen LogP contribution in [0.3, 0.4) is 0 Å². The number of hydrogen-bond donors (Lipinski definition) is 4. The normalized spacial score (nSPS) is 28.9. The van der Waals surface area contributed by atoms with Crippen LogP contribution >= 0.6 is 0 Å². The van der Waals surface area contributed by atoms with E-state index in [1.165, 1.54) is 18.6 Å². The summed E-state index contributed by atoms with van der Waals surface area (Å²) in [7, 11) is 0. The largest absolute Gasteiger partial charge is 0.442 e. The van der Waals surface area contributed by atoms with Gasteiger partial charge in [0.25, 0.3) is 0 Å². The quantitative estimate of drug-likeness (QED) is 0.613. The van der Waals surface area contributed by atoms with E-state index in [-0.39, 0.29) is 11.9 Å². The highest BCUT2D eigenvalue weighted by atomic mass is 19.1. The summed E-state index contributed by atoms with van der Waals surface area (Å²) in [5.74, 6) is -0.285. The third kappa shape index (κ3) is 5.14. The van der Waals surface area contributed by atoms with Crippen molar-refractivity contribution in [3.8, 4) is 0 Å². The van der Waals surface area contributed by atoms with E-state index in [9.17, 15) is 14.3 Å². The van der Waals surface area contributed by atoms with Crippen LogP contribution < -0.4 is 16.0 Å². The zero-order chi connectivity index (χ0) is 17.6. The molecule has 0 aromatic heterocycles. The summed E-state index contributed by atoms with van der Waals surface area (Å²) in [6.07, 6.45) is 1.89. The fourth-order valence-corrected chi connectivity index (χ4v) is 3.51. The average molecular weight is 351 g/mol. The molecule has 2 aliphatic heterocycles. The van der Waals surface area contributed by atoms with Gasteiger partial charge in [0.15, 0.2) is 0 Å². The number of amides is 1. The van der Waals surface area contributed by atoms with Gasteiger partial charge in [-0.3, -0.25) is 0 Å². The Labute approximate surface area is 147 Å². The number of carbonyl (C=O) groups excluding carboxylic acids is 1. The predicted octanol–water partition coefficient (Wildman–Crippen LogP) is 0.938. The second-order valence-electron chi connectivity index (χ2n) is 6.79. The van der Waals surface area contributed by atoms with Crippen molar-refractivity contribution in [2.75, 3.05) is 19.6 Å². The standard InChI is InChI=1S/C18H26FN3O3/c19-13-5-3-12(4-6-13)10-15-17(16(23)11-22-15)25-18(24)21-9-7-14-2-1-8-20-14/h3-6,14-17,20,22-23H,1-2,7-11H2,(H,21,24)/t14-,15+,16-,17-/m0/s1. The molecule has 0 radical (unpaired) electrons. The number of benzene rings is 1.